The van der Waals surface area contributed by atoms with Gasteiger partial charge in [0.05, 0.1) is 0 Å². The van der Waals surface area contributed by atoms with E-state index in [0.29, 0.717) is 4.75 Å². The Bertz CT molecular complexity index is 425. The van der Waals surface area contributed by atoms with Crippen molar-refractivity contribution >= 4 is 17.4 Å². The third-order valence-electron chi connectivity index (χ3n) is 4.05. The maximum atomic E-state index is 3.65. The predicted octanol–water partition coefficient (Wildman–Crippen LogP) is 3.03. The van der Waals surface area contributed by atoms with Gasteiger partial charge in [0.1, 0.15) is 0 Å². The molecule has 0 amide bonds. The number of para-hydroxylation sites is 1. The van der Waals surface area contributed by atoms with Crippen molar-refractivity contribution < 1.29 is 0 Å². The molecular weight excluding hydrogens is 240 g/mol. The van der Waals surface area contributed by atoms with Crippen molar-refractivity contribution in [2.75, 3.05) is 24.2 Å². The highest BCUT2D eigenvalue weighted by Gasteiger charge is 2.28. The fraction of sp³-hybridized carbons (Fsp3) is 0.600. The van der Waals surface area contributed by atoms with Crippen LogP contribution in [0.1, 0.15) is 30.9 Å². The largest absolute Gasteiger partial charge is 0.384 e. The molecule has 2 aliphatic heterocycles. The smallest absolute Gasteiger partial charge is 0.0419 e. The first-order valence-electron chi connectivity index (χ1n) is 6.96. The highest BCUT2D eigenvalue weighted by atomic mass is 32.2. The average molecular weight is 262 g/mol. The van der Waals surface area contributed by atoms with Crippen LogP contribution in [-0.2, 0) is 13.0 Å². The topological polar surface area (TPSA) is 24.1 Å². The minimum atomic E-state index is 0.464. The first-order valence-corrected chi connectivity index (χ1v) is 7.95. The molecular formula is C15H22N2S. The summed E-state index contributed by atoms with van der Waals surface area (Å²) >= 11 is 2.13. The summed E-state index contributed by atoms with van der Waals surface area (Å²) in [5.74, 6) is 1.33. The van der Waals surface area contributed by atoms with Crippen LogP contribution in [0.4, 0.5) is 5.69 Å². The fourth-order valence-electron chi connectivity index (χ4n) is 3.00. The van der Waals surface area contributed by atoms with E-state index in [2.05, 4.69) is 47.5 Å². The van der Waals surface area contributed by atoms with Gasteiger partial charge in [-0.25, -0.2) is 0 Å². The first-order chi connectivity index (χ1) is 8.77. The molecule has 1 aromatic carbocycles. The maximum Gasteiger partial charge on any atom is 0.0419 e. The molecule has 1 unspecified atom stereocenters. The van der Waals surface area contributed by atoms with Crippen molar-refractivity contribution in [1.82, 2.24) is 5.32 Å². The summed E-state index contributed by atoms with van der Waals surface area (Å²) in [5.41, 5.74) is 4.29. The fourth-order valence-corrected chi connectivity index (χ4v) is 4.27. The Kier molecular flexibility index (Phi) is 3.53. The summed E-state index contributed by atoms with van der Waals surface area (Å²) in [7, 11) is 0. The molecule has 2 heterocycles. The summed E-state index contributed by atoms with van der Waals surface area (Å²) in [4.78, 5) is 0. The van der Waals surface area contributed by atoms with E-state index in [1.54, 1.807) is 0 Å². The second-order valence-corrected chi connectivity index (χ2v) is 7.32. The van der Waals surface area contributed by atoms with Crippen LogP contribution in [0, 0.1) is 0 Å². The van der Waals surface area contributed by atoms with Gasteiger partial charge in [-0.15, -0.1) is 0 Å². The van der Waals surface area contributed by atoms with E-state index in [4.69, 9.17) is 0 Å². The monoisotopic (exact) mass is 262 g/mol. The van der Waals surface area contributed by atoms with Crippen LogP contribution < -0.4 is 10.6 Å². The molecule has 3 heteroatoms. The molecule has 0 aromatic heterocycles. The molecule has 0 saturated carbocycles. The van der Waals surface area contributed by atoms with Gasteiger partial charge in [0.25, 0.3) is 0 Å². The van der Waals surface area contributed by atoms with Gasteiger partial charge in [-0.1, -0.05) is 18.2 Å². The summed E-state index contributed by atoms with van der Waals surface area (Å²) < 4.78 is 0.464. The van der Waals surface area contributed by atoms with Gasteiger partial charge >= 0.3 is 0 Å². The van der Waals surface area contributed by atoms with Crippen LogP contribution in [0.25, 0.3) is 0 Å². The zero-order valence-electron chi connectivity index (χ0n) is 11.1. The van der Waals surface area contributed by atoms with E-state index in [0.717, 1.165) is 19.6 Å². The van der Waals surface area contributed by atoms with Crippen LogP contribution in [0.5, 0.6) is 0 Å². The van der Waals surface area contributed by atoms with Gasteiger partial charge < -0.3 is 10.6 Å². The second kappa shape index (κ2) is 5.14. The van der Waals surface area contributed by atoms with E-state index < -0.39 is 0 Å². The number of benzene rings is 1. The van der Waals surface area contributed by atoms with Gasteiger partial charge in [-0.3, -0.25) is 0 Å². The molecule has 3 rings (SSSR count). The Morgan fingerprint density at radius 1 is 1.44 bits per heavy atom. The normalized spacial score (nSPS) is 26.1. The first kappa shape index (κ1) is 12.4. The molecule has 2 N–H and O–H groups in total. The number of anilines is 1. The minimum absolute atomic E-state index is 0.464. The Morgan fingerprint density at radius 2 is 2.39 bits per heavy atom. The Labute approximate surface area is 114 Å². The molecule has 0 radical (unpaired) electrons. The van der Waals surface area contributed by atoms with Gasteiger partial charge in [0.15, 0.2) is 0 Å². The number of thioether (sulfide) groups is 1. The lowest BCUT2D eigenvalue weighted by atomic mass is 10.0. The molecule has 1 aromatic rings. The van der Waals surface area contributed by atoms with Crippen LogP contribution >= 0.6 is 11.8 Å². The van der Waals surface area contributed by atoms with Gasteiger partial charge in [-0.2, -0.15) is 11.8 Å². The van der Waals surface area contributed by atoms with Crippen molar-refractivity contribution in [3.05, 3.63) is 29.3 Å². The van der Waals surface area contributed by atoms with Gasteiger partial charge in [-0.05, 0) is 43.1 Å². The number of nitrogens with one attached hydrogen (secondary N) is 2. The average Bonchev–Trinajstić information content (AvgIpc) is 2.98. The molecule has 98 valence electrons. The summed E-state index contributed by atoms with van der Waals surface area (Å²) in [6.45, 7) is 5.61. The Morgan fingerprint density at radius 3 is 3.22 bits per heavy atom. The number of rotatable bonds is 4. The van der Waals surface area contributed by atoms with E-state index in [1.807, 2.05) is 0 Å². The summed E-state index contributed by atoms with van der Waals surface area (Å²) in [5, 5.41) is 7.16. The van der Waals surface area contributed by atoms with E-state index in [1.165, 1.54) is 41.8 Å². The van der Waals surface area contributed by atoms with Crippen LogP contribution in [0.3, 0.4) is 0 Å². The zero-order chi connectivity index (χ0) is 12.4. The highest BCUT2D eigenvalue weighted by molar-refractivity contribution is 8.00. The van der Waals surface area contributed by atoms with Crippen LogP contribution in [0.2, 0.25) is 0 Å². The molecule has 0 bridgehead atoms. The van der Waals surface area contributed by atoms with Crippen molar-refractivity contribution in [3.8, 4) is 0 Å². The lowest BCUT2D eigenvalue weighted by Gasteiger charge is -2.23. The summed E-state index contributed by atoms with van der Waals surface area (Å²) in [6.07, 6.45) is 3.91. The molecule has 0 aliphatic carbocycles. The zero-order valence-corrected chi connectivity index (χ0v) is 11.9. The Hall–Kier alpha value is -0.670. The lowest BCUT2D eigenvalue weighted by molar-refractivity contribution is 0.537. The van der Waals surface area contributed by atoms with Crippen molar-refractivity contribution in [3.63, 3.8) is 0 Å². The SMILES string of the molecule is CC1(CNCc2cccc3c2NCC3)CCCS1. The molecule has 0 spiro atoms. The number of hydrogen-bond donors (Lipinski definition) is 2. The van der Waals surface area contributed by atoms with Crippen molar-refractivity contribution in [2.24, 2.45) is 0 Å². The predicted molar refractivity (Wildman–Crippen MR) is 80.4 cm³/mol. The van der Waals surface area contributed by atoms with Crippen LogP contribution in [0.15, 0.2) is 18.2 Å². The molecule has 2 aliphatic rings. The van der Waals surface area contributed by atoms with Crippen molar-refractivity contribution in [2.45, 2.75) is 37.5 Å². The summed E-state index contributed by atoms with van der Waals surface area (Å²) in [6, 6.07) is 6.68. The quantitative estimate of drug-likeness (QED) is 0.872. The highest BCUT2D eigenvalue weighted by Crippen LogP contribution is 2.37. The second-order valence-electron chi connectivity index (χ2n) is 5.63. The third-order valence-corrected chi connectivity index (χ3v) is 5.59. The maximum absolute atomic E-state index is 3.65. The van der Waals surface area contributed by atoms with Crippen molar-refractivity contribution in [1.29, 1.82) is 0 Å². The van der Waals surface area contributed by atoms with Gasteiger partial charge in [0, 0.05) is 30.1 Å². The molecule has 18 heavy (non-hydrogen) atoms. The molecule has 1 saturated heterocycles. The van der Waals surface area contributed by atoms with Gasteiger partial charge in [0.2, 0.25) is 0 Å². The van der Waals surface area contributed by atoms with E-state index >= 15 is 0 Å². The molecule has 1 fully saturated rings. The minimum Gasteiger partial charge on any atom is -0.384 e. The number of fused-ring (bicyclic) bond motifs is 1. The van der Waals surface area contributed by atoms with E-state index in [9.17, 15) is 0 Å². The van der Waals surface area contributed by atoms with Crippen LogP contribution in [-0.4, -0.2) is 23.6 Å². The molecule has 1 atom stereocenters. The standard InChI is InChI=1S/C15H22N2S/c1-15(7-3-9-18-15)11-16-10-13-5-2-4-12-6-8-17-14(12)13/h2,4-5,16-17H,3,6-11H2,1H3. The Balaban J connectivity index is 1.59. The molecule has 2 nitrogen and oxygen atoms in total. The number of hydrogen-bond acceptors (Lipinski definition) is 3. The lowest BCUT2D eigenvalue weighted by Crippen LogP contribution is -2.32. The third kappa shape index (κ3) is 2.52. The van der Waals surface area contributed by atoms with E-state index in [-0.39, 0.29) is 0 Å².